The highest BCUT2D eigenvalue weighted by atomic mass is 16.4. The van der Waals surface area contributed by atoms with Crippen molar-refractivity contribution in [1.29, 1.82) is 0 Å². The Kier molecular flexibility index (Phi) is 7.92. The van der Waals surface area contributed by atoms with Gasteiger partial charge in [0.05, 0.1) is 5.52 Å². The number of fused-ring (bicyclic) bond motifs is 3. The molecule has 3 heterocycles. The fraction of sp³-hybridized carbons (Fsp3) is 0.286. The molecule has 1 aromatic heterocycles. The lowest BCUT2D eigenvalue weighted by Gasteiger charge is -2.36. The second-order valence-corrected chi connectivity index (χ2v) is 9.42. The molecule has 2 atom stereocenters. The quantitative estimate of drug-likeness (QED) is 0.376. The van der Waals surface area contributed by atoms with Gasteiger partial charge in [0.2, 0.25) is 0 Å². The van der Waals surface area contributed by atoms with Gasteiger partial charge in [0.15, 0.2) is 0 Å². The van der Waals surface area contributed by atoms with E-state index in [0.717, 1.165) is 25.7 Å². The maximum absolute atomic E-state index is 13.4. The summed E-state index contributed by atoms with van der Waals surface area (Å²) in [4.78, 5) is 48.1. The number of carboxylic acid groups (broad SMARTS) is 2. The van der Waals surface area contributed by atoms with E-state index in [0.29, 0.717) is 40.8 Å². The molecule has 10 heteroatoms. The third-order valence-corrected chi connectivity index (χ3v) is 7.10. The van der Waals surface area contributed by atoms with Crippen LogP contribution in [-0.2, 0) is 9.59 Å². The summed E-state index contributed by atoms with van der Waals surface area (Å²) in [5.74, 6) is -3.27. The summed E-state index contributed by atoms with van der Waals surface area (Å²) in [6.45, 7) is 0. The van der Waals surface area contributed by atoms with Gasteiger partial charge in [-0.15, -0.1) is 0 Å². The van der Waals surface area contributed by atoms with Gasteiger partial charge < -0.3 is 25.5 Å². The molecule has 2 aliphatic rings. The number of aliphatic carboxylic acids is 2. The van der Waals surface area contributed by atoms with Crippen molar-refractivity contribution in [2.24, 2.45) is 0 Å². The summed E-state index contributed by atoms with van der Waals surface area (Å²) < 4.78 is 1.50. The monoisotopic (exact) mass is 519 g/mol. The van der Waals surface area contributed by atoms with E-state index in [-0.39, 0.29) is 17.4 Å². The van der Waals surface area contributed by atoms with Crippen LogP contribution in [-0.4, -0.2) is 67.8 Å². The van der Waals surface area contributed by atoms with Crippen molar-refractivity contribution < 1.29 is 29.7 Å². The smallest absolute Gasteiger partial charge is 0.328 e. The summed E-state index contributed by atoms with van der Waals surface area (Å²) >= 11 is 0. The SMILES string of the molecule is CN1C2CCC1CC(NC(=O)c1c(O)c3ccccc3n(-c3ccccc3)c1=O)C2.O=C(O)/C=C/C(=O)O. The van der Waals surface area contributed by atoms with E-state index in [2.05, 4.69) is 17.3 Å². The minimum absolute atomic E-state index is 0.0154. The number of carboxylic acids is 2. The molecular weight excluding hydrogens is 490 g/mol. The van der Waals surface area contributed by atoms with Gasteiger partial charge in [-0.05, 0) is 57.0 Å². The average molecular weight is 520 g/mol. The molecule has 0 radical (unpaired) electrons. The molecule has 2 saturated heterocycles. The predicted molar refractivity (Wildman–Crippen MR) is 141 cm³/mol. The fourth-order valence-electron chi connectivity index (χ4n) is 5.29. The molecule has 38 heavy (non-hydrogen) atoms. The lowest BCUT2D eigenvalue weighted by Crippen LogP contribution is -2.49. The number of piperidine rings is 1. The van der Waals surface area contributed by atoms with E-state index in [1.165, 1.54) is 4.57 Å². The number of hydrogen-bond acceptors (Lipinski definition) is 6. The first-order valence-electron chi connectivity index (χ1n) is 12.3. The van der Waals surface area contributed by atoms with Crippen LogP contribution in [0.3, 0.4) is 0 Å². The molecule has 2 bridgehead atoms. The Bertz CT molecular complexity index is 1420. The number of hydrogen-bond donors (Lipinski definition) is 4. The summed E-state index contributed by atoms with van der Waals surface area (Å²) in [6.07, 6.45) is 5.16. The molecule has 198 valence electrons. The first-order chi connectivity index (χ1) is 18.2. The summed E-state index contributed by atoms with van der Waals surface area (Å²) in [6, 6.07) is 17.3. The van der Waals surface area contributed by atoms with Gasteiger partial charge in [-0.3, -0.25) is 14.2 Å². The van der Waals surface area contributed by atoms with Crippen LogP contribution < -0.4 is 10.9 Å². The van der Waals surface area contributed by atoms with E-state index < -0.39 is 23.4 Å². The Morgan fingerprint density at radius 3 is 2.03 bits per heavy atom. The van der Waals surface area contributed by atoms with Crippen LogP contribution >= 0.6 is 0 Å². The summed E-state index contributed by atoms with van der Waals surface area (Å²) in [5.41, 5.74) is 0.528. The zero-order chi connectivity index (χ0) is 27.4. The van der Waals surface area contributed by atoms with Gasteiger partial charge in [0.25, 0.3) is 11.5 Å². The van der Waals surface area contributed by atoms with Gasteiger partial charge in [-0.2, -0.15) is 0 Å². The standard InChI is InChI=1S/C24H25N3O3.C4H4O4/c1-26-17-11-12-18(26)14-15(13-17)25-23(29)21-22(28)19-9-5-6-10-20(19)27(24(21)30)16-7-3-2-4-8-16;5-3(6)1-2-4(7)8/h2-10,15,17-18,28H,11-14H2,1H3,(H,25,29);1-2H,(H,5,6)(H,7,8)/b;2-1+. The minimum atomic E-state index is -1.26. The van der Waals surface area contributed by atoms with Crippen LogP contribution in [0.1, 0.15) is 36.0 Å². The fourth-order valence-corrected chi connectivity index (χ4v) is 5.29. The molecule has 2 fully saturated rings. The van der Waals surface area contributed by atoms with Gasteiger partial charge in [-0.1, -0.05) is 30.3 Å². The van der Waals surface area contributed by atoms with Gasteiger partial charge in [0, 0.05) is 41.4 Å². The van der Waals surface area contributed by atoms with E-state index in [4.69, 9.17) is 10.2 Å². The highest BCUT2D eigenvalue weighted by Crippen LogP contribution is 2.34. The van der Waals surface area contributed by atoms with Crippen LogP contribution in [0.5, 0.6) is 5.75 Å². The Morgan fingerprint density at radius 1 is 0.895 bits per heavy atom. The highest BCUT2D eigenvalue weighted by molar-refractivity contribution is 6.02. The second-order valence-electron chi connectivity index (χ2n) is 9.42. The highest BCUT2D eigenvalue weighted by Gasteiger charge is 2.39. The van der Waals surface area contributed by atoms with Gasteiger partial charge in [-0.25, -0.2) is 9.59 Å². The average Bonchev–Trinajstić information content (AvgIpc) is 3.09. The van der Waals surface area contributed by atoms with Gasteiger partial charge >= 0.3 is 11.9 Å². The molecule has 0 aliphatic carbocycles. The van der Waals surface area contributed by atoms with E-state index in [9.17, 15) is 24.3 Å². The molecule has 3 aromatic rings. The number of nitrogens with zero attached hydrogens (tertiary/aromatic N) is 2. The molecule has 0 spiro atoms. The maximum atomic E-state index is 13.4. The number of aromatic nitrogens is 1. The number of carbonyl (C=O) groups is 3. The van der Waals surface area contributed by atoms with Crippen LogP contribution in [0, 0.1) is 0 Å². The normalized spacial score (nSPS) is 20.6. The molecule has 2 aromatic carbocycles. The van der Waals surface area contributed by atoms with Crippen LogP contribution in [0.4, 0.5) is 0 Å². The predicted octanol–water partition coefficient (Wildman–Crippen LogP) is 2.76. The summed E-state index contributed by atoms with van der Waals surface area (Å²) in [5, 5.41) is 30.0. The summed E-state index contributed by atoms with van der Waals surface area (Å²) in [7, 11) is 2.15. The van der Waals surface area contributed by atoms with Crippen molar-refractivity contribution in [3.05, 3.63) is 82.7 Å². The molecule has 4 N–H and O–H groups in total. The number of para-hydroxylation sites is 2. The van der Waals surface area contributed by atoms with E-state index in [1.54, 1.807) is 18.2 Å². The molecule has 2 aliphatic heterocycles. The van der Waals surface area contributed by atoms with Crippen LogP contribution in [0.15, 0.2) is 71.5 Å². The number of pyridine rings is 1. The molecule has 2 unspecified atom stereocenters. The third-order valence-electron chi connectivity index (χ3n) is 7.10. The molecule has 5 rings (SSSR count). The third kappa shape index (κ3) is 5.60. The number of benzene rings is 2. The van der Waals surface area contributed by atoms with Crippen molar-refractivity contribution in [3.8, 4) is 11.4 Å². The number of aromatic hydroxyl groups is 1. The zero-order valence-electron chi connectivity index (χ0n) is 20.8. The van der Waals surface area contributed by atoms with Gasteiger partial charge in [0.1, 0.15) is 11.3 Å². The van der Waals surface area contributed by atoms with Crippen molar-refractivity contribution >= 4 is 28.7 Å². The minimum Gasteiger partial charge on any atom is -0.506 e. The first kappa shape index (κ1) is 26.6. The number of rotatable bonds is 5. The van der Waals surface area contributed by atoms with E-state index in [1.807, 2.05) is 36.4 Å². The Hall–Kier alpha value is -4.44. The topological polar surface area (TPSA) is 149 Å². The number of carbonyl (C=O) groups excluding carboxylic acids is 1. The van der Waals surface area contributed by atoms with E-state index >= 15 is 0 Å². The van der Waals surface area contributed by atoms with Crippen molar-refractivity contribution in [1.82, 2.24) is 14.8 Å². The Morgan fingerprint density at radius 2 is 1.45 bits per heavy atom. The molecule has 0 saturated carbocycles. The zero-order valence-corrected chi connectivity index (χ0v) is 20.8. The Balaban J connectivity index is 0.000000368. The first-order valence-corrected chi connectivity index (χ1v) is 12.3. The number of amides is 1. The van der Waals surface area contributed by atoms with Crippen LogP contribution in [0.2, 0.25) is 0 Å². The molecule has 1 amide bonds. The van der Waals surface area contributed by atoms with Crippen molar-refractivity contribution in [2.45, 2.75) is 43.8 Å². The van der Waals surface area contributed by atoms with Crippen molar-refractivity contribution in [2.75, 3.05) is 7.05 Å². The van der Waals surface area contributed by atoms with Crippen molar-refractivity contribution in [3.63, 3.8) is 0 Å². The molecule has 10 nitrogen and oxygen atoms in total. The Labute approximate surface area is 218 Å². The number of nitrogens with one attached hydrogen (secondary N) is 1. The largest absolute Gasteiger partial charge is 0.506 e. The van der Waals surface area contributed by atoms with Crippen LogP contribution in [0.25, 0.3) is 16.6 Å². The second kappa shape index (κ2) is 11.3. The molecular formula is C28H29N3O7. The lowest BCUT2D eigenvalue weighted by atomic mass is 9.97. The maximum Gasteiger partial charge on any atom is 0.328 e. The lowest BCUT2D eigenvalue weighted by molar-refractivity contribution is -0.134.